The van der Waals surface area contributed by atoms with Crippen molar-refractivity contribution in [2.75, 3.05) is 19.0 Å². The number of halogens is 3. The number of aryl methyl sites for hydroxylation is 1. The number of alkyl halides is 3. The molecule has 0 spiro atoms. The number of benzene rings is 2. The number of thioether (sulfide) groups is 1. The van der Waals surface area contributed by atoms with Crippen LogP contribution >= 0.6 is 11.8 Å². The lowest BCUT2D eigenvalue weighted by Crippen LogP contribution is -2.24. The van der Waals surface area contributed by atoms with Gasteiger partial charge in [-0.1, -0.05) is 0 Å². The van der Waals surface area contributed by atoms with Gasteiger partial charge in [0.2, 0.25) is 0 Å². The zero-order valence-corrected chi connectivity index (χ0v) is 19.2. The van der Waals surface area contributed by atoms with Gasteiger partial charge in [-0.2, -0.15) is 22.8 Å². The van der Waals surface area contributed by atoms with Gasteiger partial charge < -0.3 is 14.2 Å². The SMILES string of the molecule is CCOC(COc1ccc(C(F)(F)F)cc1)CSc1ccc(OC(C)C)c(C)c1.O=C=O. The van der Waals surface area contributed by atoms with E-state index in [1.807, 2.05) is 39.8 Å². The molecule has 0 fully saturated rings. The normalized spacial score (nSPS) is 11.9. The third-order valence-corrected chi connectivity index (χ3v) is 5.09. The molecular weight excluding hydrogens is 445 g/mol. The van der Waals surface area contributed by atoms with Crippen molar-refractivity contribution in [3.8, 4) is 11.5 Å². The molecule has 1 unspecified atom stereocenters. The summed E-state index contributed by atoms with van der Waals surface area (Å²) in [7, 11) is 0. The fraction of sp³-hybridized carbons (Fsp3) is 0.435. The summed E-state index contributed by atoms with van der Waals surface area (Å²) in [5.74, 6) is 1.92. The van der Waals surface area contributed by atoms with E-state index in [1.54, 1.807) is 11.8 Å². The second-order valence-corrected chi connectivity index (χ2v) is 7.99. The first kappa shape index (κ1) is 27.6. The maximum Gasteiger partial charge on any atom is 0.416 e. The zero-order chi connectivity index (χ0) is 24.1. The van der Waals surface area contributed by atoms with Crippen LogP contribution in [0.1, 0.15) is 31.9 Å². The van der Waals surface area contributed by atoms with Crippen LogP contribution in [-0.4, -0.2) is 37.3 Å². The van der Waals surface area contributed by atoms with Gasteiger partial charge in [-0.15, -0.1) is 11.8 Å². The Morgan fingerprint density at radius 1 is 1.06 bits per heavy atom. The van der Waals surface area contributed by atoms with Crippen LogP contribution in [0.4, 0.5) is 13.2 Å². The lowest BCUT2D eigenvalue weighted by Gasteiger charge is -2.18. The summed E-state index contributed by atoms with van der Waals surface area (Å²) in [6, 6.07) is 10.7. The van der Waals surface area contributed by atoms with E-state index in [-0.39, 0.29) is 25.0 Å². The first-order valence-electron chi connectivity index (χ1n) is 9.91. The van der Waals surface area contributed by atoms with Crippen LogP contribution in [0.5, 0.6) is 11.5 Å². The Labute approximate surface area is 190 Å². The van der Waals surface area contributed by atoms with Crippen molar-refractivity contribution < 1.29 is 37.0 Å². The van der Waals surface area contributed by atoms with Gasteiger partial charge in [0.25, 0.3) is 0 Å². The van der Waals surface area contributed by atoms with Gasteiger partial charge in [-0.3, -0.25) is 0 Å². The van der Waals surface area contributed by atoms with E-state index in [1.165, 1.54) is 12.1 Å². The van der Waals surface area contributed by atoms with Crippen LogP contribution in [-0.2, 0) is 20.5 Å². The van der Waals surface area contributed by atoms with Crippen molar-refractivity contribution >= 4 is 17.9 Å². The fourth-order valence-corrected chi connectivity index (χ4v) is 3.59. The van der Waals surface area contributed by atoms with Gasteiger partial charge in [0.05, 0.1) is 11.7 Å². The van der Waals surface area contributed by atoms with Crippen molar-refractivity contribution in [3.63, 3.8) is 0 Å². The minimum Gasteiger partial charge on any atom is -0.491 e. The summed E-state index contributed by atoms with van der Waals surface area (Å²) in [5.41, 5.74) is 0.375. The van der Waals surface area contributed by atoms with Crippen molar-refractivity contribution in [2.24, 2.45) is 0 Å². The lowest BCUT2D eigenvalue weighted by atomic mass is 10.2. The van der Waals surface area contributed by atoms with E-state index in [4.69, 9.17) is 23.8 Å². The fourth-order valence-electron chi connectivity index (χ4n) is 2.60. The molecule has 0 radical (unpaired) electrons. The van der Waals surface area contributed by atoms with Crippen molar-refractivity contribution in [3.05, 3.63) is 53.6 Å². The molecule has 0 saturated carbocycles. The molecule has 2 aromatic carbocycles. The summed E-state index contributed by atoms with van der Waals surface area (Å²) in [6.45, 7) is 8.69. The average Bonchev–Trinajstić information content (AvgIpc) is 2.72. The van der Waals surface area contributed by atoms with Crippen LogP contribution in [0.3, 0.4) is 0 Å². The summed E-state index contributed by atoms with van der Waals surface area (Å²) in [5, 5.41) is 0. The minimum atomic E-state index is -4.35. The van der Waals surface area contributed by atoms with E-state index in [2.05, 4.69) is 6.07 Å². The predicted molar refractivity (Wildman–Crippen MR) is 115 cm³/mol. The molecule has 1 atom stereocenters. The third-order valence-electron chi connectivity index (χ3n) is 3.96. The quantitative estimate of drug-likeness (QED) is 0.408. The number of hydrogen-bond acceptors (Lipinski definition) is 6. The van der Waals surface area contributed by atoms with Crippen LogP contribution in [0.2, 0.25) is 0 Å². The first-order valence-corrected chi connectivity index (χ1v) is 10.9. The van der Waals surface area contributed by atoms with Crippen molar-refractivity contribution in [2.45, 2.75) is 51.0 Å². The second kappa shape index (κ2) is 13.8. The molecule has 0 aliphatic rings. The summed E-state index contributed by atoms with van der Waals surface area (Å²) < 4.78 is 55.0. The van der Waals surface area contributed by atoms with Crippen LogP contribution < -0.4 is 9.47 Å². The van der Waals surface area contributed by atoms with Crippen LogP contribution in [0.25, 0.3) is 0 Å². The molecule has 0 bridgehead atoms. The van der Waals surface area contributed by atoms with Crippen LogP contribution in [0, 0.1) is 6.92 Å². The molecule has 2 rings (SSSR count). The predicted octanol–water partition coefficient (Wildman–Crippen LogP) is 5.79. The number of hydrogen-bond donors (Lipinski definition) is 0. The molecule has 0 aliphatic heterocycles. The number of ether oxygens (including phenoxy) is 3. The molecule has 0 saturated heterocycles. The Balaban J connectivity index is 0.00000161. The molecule has 0 amide bonds. The highest BCUT2D eigenvalue weighted by atomic mass is 32.2. The molecule has 0 N–H and O–H groups in total. The lowest BCUT2D eigenvalue weighted by molar-refractivity contribution is -0.191. The molecule has 9 heteroatoms. The van der Waals surface area contributed by atoms with E-state index < -0.39 is 11.7 Å². The van der Waals surface area contributed by atoms with Gasteiger partial charge in [-0.25, -0.2) is 0 Å². The summed E-state index contributed by atoms with van der Waals surface area (Å²) in [4.78, 5) is 17.3. The monoisotopic (exact) mass is 472 g/mol. The van der Waals surface area contributed by atoms with Gasteiger partial charge in [0.1, 0.15) is 24.2 Å². The van der Waals surface area contributed by atoms with E-state index in [9.17, 15) is 13.2 Å². The Morgan fingerprint density at radius 3 is 2.19 bits per heavy atom. The van der Waals surface area contributed by atoms with Crippen molar-refractivity contribution in [1.82, 2.24) is 0 Å². The van der Waals surface area contributed by atoms with Crippen LogP contribution in [0.15, 0.2) is 47.4 Å². The molecule has 176 valence electrons. The average molecular weight is 473 g/mol. The Hall–Kier alpha value is -2.48. The van der Waals surface area contributed by atoms with Gasteiger partial charge in [-0.05, 0) is 75.7 Å². The molecule has 0 aliphatic carbocycles. The summed E-state index contributed by atoms with van der Waals surface area (Å²) in [6.07, 6.45) is -4.16. The molecule has 5 nitrogen and oxygen atoms in total. The molecule has 32 heavy (non-hydrogen) atoms. The van der Waals surface area contributed by atoms with Gasteiger partial charge in [0.15, 0.2) is 0 Å². The highest BCUT2D eigenvalue weighted by molar-refractivity contribution is 7.99. The number of rotatable bonds is 10. The Kier molecular flexibility index (Phi) is 11.9. The third kappa shape index (κ3) is 10.2. The minimum absolute atomic E-state index is 0.122. The van der Waals surface area contributed by atoms with Crippen molar-refractivity contribution in [1.29, 1.82) is 0 Å². The van der Waals surface area contributed by atoms with E-state index in [0.29, 0.717) is 18.1 Å². The maximum atomic E-state index is 12.6. The highest BCUT2D eigenvalue weighted by Gasteiger charge is 2.30. The standard InChI is InChI=1S/C22H27F3O3S.CO2/c1-5-26-19(13-27-18-8-6-17(7-9-18)22(23,24)25)14-29-20-10-11-21(16(4)12-20)28-15(2)3;2-1-3/h6-12,15,19H,5,13-14H2,1-4H3;. The molecule has 2 aromatic rings. The maximum absolute atomic E-state index is 12.6. The number of carbonyl (C=O) groups excluding carboxylic acids is 2. The van der Waals surface area contributed by atoms with Gasteiger partial charge >= 0.3 is 12.3 Å². The van der Waals surface area contributed by atoms with E-state index >= 15 is 0 Å². The molecular formula is C23H27F3O5S. The smallest absolute Gasteiger partial charge is 0.416 e. The molecule has 0 aromatic heterocycles. The summed E-state index contributed by atoms with van der Waals surface area (Å²) >= 11 is 1.64. The Bertz CT molecular complexity index is 848. The largest absolute Gasteiger partial charge is 0.491 e. The first-order chi connectivity index (χ1) is 15.1. The Morgan fingerprint density at radius 2 is 1.69 bits per heavy atom. The van der Waals surface area contributed by atoms with E-state index in [0.717, 1.165) is 28.3 Å². The second-order valence-electron chi connectivity index (χ2n) is 6.90. The molecule has 0 heterocycles. The van der Waals surface area contributed by atoms with Gasteiger partial charge in [0, 0.05) is 17.3 Å². The topological polar surface area (TPSA) is 61.8 Å². The highest BCUT2D eigenvalue weighted by Crippen LogP contribution is 2.30. The zero-order valence-electron chi connectivity index (χ0n) is 18.4.